The Balaban J connectivity index is 1.21. The number of hydrogen-bond acceptors (Lipinski definition) is 7. The summed E-state index contributed by atoms with van der Waals surface area (Å²) in [6.07, 6.45) is 11.3. The van der Waals surface area contributed by atoms with Crippen LogP contribution in [0.15, 0.2) is 46.5 Å². The molecule has 7 heteroatoms. The second-order valence-corrected chi connectivity index (χ2v) is 13.1. The summed E-state index contributed by atoms with van der Waals surface area (Å²) in [5.41, 5.74) is 1.23. The lowest BCUT2D eigenvalue weighted by Gasteiger charge is -2.55. The molecule has 0 spiro atoms. The van der Waals surface area contributed by atoms with Crippen LogP contribution in [0.1, 0.15) is 46.0 Å². The number of nitrogens with zero attached hydrogens (tertiary/aromatic N) is 2. The smallest absolute Gasteiger partial charge is 0.178 e. The molecule has 34 heavy (non-hydrogen) atoms. The van der Waals surface area contributed by atoms with Crippen LogP contribution in [-0.4, -0.2) is 33.1 Å². The number of thioether (sulfide) groups is 1. The van der Waals surface area contributed by atoms with Crippen molar-refractivity contribution in [1.29, 1.82) is 0 Å². The van der Waals surface area contributed by atoms with Crippen molar-refractivity contribution < 1.29 is 14.4 Å². The van der Waals surface area contributed by atoms with Gasteiger partial charge < -0.3 is 0 Å². The van der Waals surface area contributed by atoms with Crippen LogP contribution in [0, 0.1) is 34.5 Å². The third-order valence-electron chi connectivity index (χ3n) is 9.12. The summed E-state index contributed by atoms with van der Waals surface area (Å²) in [7, 11) is 0. The number of ketones is 3. The molecular weight excluding hydrogens is 464 g/mol. The Bertz CT molecular complexity index is 1250. The number of Topliss-reactive ketones (excluding diaryl/α,β-unsaturated/α-hetero) is 2. The standard InChI is InChI=1S/C27H28N2O3S2/c1-26-10-9-16(30)12-15(26)5-6-17-18-7-8-19(27(18,2)13-20(31)23(17)26)21(32)14-33-25-29-24-22(34-25)4-3-11-28-24/h3-4,9-12,17-19,23H,5-8,13-14H2,1-2H3. The topological polar surface area (TPSA) is 77.0 Å². The Morgan fingerprint density at radius 1 is 1.24 bits per heavy atom. The Morgan fingerprint density at radius 2 is 2.09 bits per heavy atom. The van der Waals surface area contributed by atoms with Crippen LogP contribution in [0.2, 0.25) is 0 Å². The Hall–Kier alpha value is -2.12. The second kappa shape index (κ2) is 7.95. The third kappa shape index (κ3) is 3.30. The summed E-state index contributed by atoms with van der Waals surface area (Å²) in [6, 6.07) is 3.90. The van der Waals surface area contributed by atoms with Crippen molar-refractivity contribution in [3.05, 3.63) is 42.1 Å². The number of hydrogen-bond donors (Lipinski definition) is 0. The summed E-state index contributed by atoms with van der Waals surface area (Å²) >= 11 is 3.08. The number of allylic oxidation sites excluding steroid dienone is 4. The van der Waals surface area contributed by atoms with E-state index >= 15 is 0 Å². The molecule has 3 saturated carbocycles. The summed E-state index contributed by atoms with van der Waals surface area (Å²) in [6.45, 7) is 4.34. The van der Waals surface area contributed by atoms with E-state index in [9.17, 15) is 14.4 Å². The number of pyridine rings is 1. The van der Waals surface area contributed by atoms with Gasteiger partial charge in [-0.15, -0.1) is 11.3 Å². The van der Waals surface area contributed by atoms with Crippen molar-refractivity contribution in [3.8, 4) is 0 Å². The highest BCUT2D eigenvalue weighted by Crippen LogP contribution is 2.65. The lowest BCUT2D eigenvalue weighted by molar-refractivity contribution is -0.144. The zero-order chi connectivity index (χ0) is 23.7. The Morgan fingerprint density at radius 3 is 2.91 bits per heavy atom. The molecule has 6 atom stereocenters. The molecular formula is C27H28N2O3S2. The van der Waals surface area contributed by atoms with E-state index < -0.39 is 0 Å². The lowest BCUT2D eigenvalue weighted by Crippen LogP contribution is -2.54. The van der Waals surface area contributed by atoms with Gasteiger partial charge >= 0.3 is 0 Å². The molecule has 6 unspecified atom stereocenters. The van der Waals surface area contributed by atoms with Crippen LogP contribution in [0.4, 0.5) is 0 Å². The minimum atomic E-state index is -0.353. The van der Waals surface area contributed by atoms with E-state index in [1.54, 1.807) is 29.7 Å². The highest BCUT2D eigenvalue weighted by atomic mass is 32.2. The molecule has 0 amide bonds. The molecule has 0 bridgehead atoms. The van der Waals surface area contributed by atoms with Gasteiger partial charge in [-0.2, -0.15) is 0 Å². The molecule has 2 aromatic rings. The molecule has 5 nitrogen and oxygen atoms in total. The van der Waals surface area contributed by atoms with E-state index in [1.165, 1.54) is 11.8 Å². The monoisotopic (exact) mass is 492 g/mol. The van der Waals surface area contributed by atoms with Crippen molar-refractivity contribution in [3.63, 3.8) is 0 Å². The number of aromatic nitrogens is 2. The molecule has 3 fully saturated rings. The molecule has 0 radical (unpaired) electrons. The quantitative estimate of drug-likeness (QED) is 0.528. The summed E-state index contributed by atoms with van der Waals surface area (Å²) < 4.78 is 1.91. The molecule has 6 rings (SSSR count). The fraction of sp³-hybridized carbons (Fsp3) is 0.519. The number of carbonyl (C=O) groups excluding carboxylic acids is 3. The molecule has 0 aliphatic heterocycles. The van der Waals surface area contributed by atoms with Gasteiger partial charge in [-0.1, -0.05) is 37.3 Å². The van der Waals surface area contributed by atoms with Crippen LogP contribution < -0.4 is 0 Å². The van der Waals surface area contributed by atoms with Crippen LogP contribution in [0.3, 0.4) is 0 Å². The first-order valence-corrected chi connectivity index (χ1v) is 13.9. The number of rotatable bonds is 4. The van der Waals surface area contributed by atoms with E-state index in [4.69, 9.17) is 0 Å². The SMILES string of the molecule is CC12C=CC(=O)C=C1CCC1C2C(=O)CC2(C)C(C(=O)CSc3nc4ncccc4s3)CCC12. The predicted molar refractivity (Wildman–Crippen MR) is 134 cm³/mol. The maximum absolute atomic E-state index is 13.7. The van der Waals surface area contributed by atoms with Gasteiger partial charge in [0.15, 0.2) is 15.8 Å². The molecule has 0 saturated heterocycles. The Labute approximate surface area is 207 Å². The average molecular weight is 493 g/mol. The maximum atomic E-state index is 13.7. The van der Waals surface area contributed by atoms with Gasteiger partial charge in [0.05, 0.1) is 10.5 Å². The number of carbonyl (C=O) groups is 3. The molecule has 2 aromatic heterocycles. The lowest BCUT2D eigenvalue weighted by atomic mass is 9.47. The van der Waals surface area contributed by atoms with Gasteiger partial charge in [0.25, 0.3) is 0 Å². The Kier molecular flexibility index (Phi) is 5.23. The van der Waals surface area contributed by atoms with E-state index in [2.05, 4.69) is 23.8 Å². The first kappa shape index (κ1) is 22.4. The number of thiazole rings is 1. The van der Waals surface area contributed by atoms with Gasteiger partial charge in [0, 0.05) is 29.9 Å². The average Bonchev–Trinajstić information content (AvgIpc) is 3.37. The van der Waals surface area contributed by atoms with Gasteiger partial charge in [-0.05, 0) is 67.2 Å². The normalized spacial score (nSPS) is 36.7. The van der Waals surface area contributed by atoms with Crippen molar-refractivity contribution in [2.24, 2.45) is 34.5 Å². The van der Waals surface area contributed by atoms with E-state index in [-0.39, 0.29) is 45.9 Å². The maximum Gasteiger partial charge on any atom is 0.178 e. The van der Waals surface area contributed by atoms with E-state index in [0.717, 1.165) is 45.9 Å². The highest BCUT2D eigenvalue weighted by molar-refractivity contribution is 8.01. The summed E-state index contributed by atoms with van der Waals surface area (Å²) in [5.74, 6) is 1.47. The summed E-state index contributed by atoms with van der Waals surface area (Å²) in [4.78, 5) is 48.0. The first-order chi connectivity index (χ1) is 16.3. The largest absolute Gasteiger partial charge is 0.299 e. The fourth-order valence-corrected chi connectivity index (χ4v) is 9.56. The minimum absolute atomic E-state index is 0.0342. The van der Waals surface area contributed by atoms with Crippen LogP contribution >= 0.6 is 23.1 Å². The zero-order valence-corrected chi connectivity index (χ0v) is 21.1. The third-order valence-corrected chi connectivity index (χ3v) is 11.3. The molecule has 0 aromatic carbocycles. The van der Waals surface area contributed by atoms with E-state index in [0.29, 0.717) is 18.1 Å². The van der Waals surface area contributed by atoms with E-state index in [1.807, 2.05) is 18.2 Å². The van der Waals surface area contributed by atoms with Crippen molar-refractivity contribution in [2.75, 3.05) is 5.75 Å². The number of fused-ring (bicyclic) bond motifs is 6. The fourth-order valence-electron chi connectivity index (χ4n) is 7.60. The predicted octanol–water partition coefficient (Wildman–Crippen LogP) is 5.46. The van der Waals surface area contributed by atoms with Gasteiger partial charge in [0.2, 0.25) is 0 Å². The first-order valence-electron chi connectivity index (χ1n) is 12.1. The van der Waals surface area contributed by atoms with Crippen LogP contribution in [0.5, 0.6) is 0 Å². The summed E-state index contributed by atoms with van der Waals surface area (Å²) in [5, 5.41) is 0. The zero-order valence-electron chi connectivity index (χ0n) is 19.5. The minimum Gasteiger partial charge on any atom is -0.299 e. The van der Waals surface area contributed by atoms with Crippen molar-refractivity contribution in [1.82, 2.24) is 9.97 Å². The van der Waals surface area contributed by atoms with Gasteiger partial charge in [-0.3, -0.25) is 14.4 Å². The van der Waals surface area contributed by atoms with Crippen molar-refractivity contribution in [2.45, 2.75) is 50.3 Å². The molecule has 0 N–H and O–H groups in total. The van der Waals surface area contributed by atoms with Gasteiger partial charge in [-0.25, -0.2) is 9.97 Å². The van der Waals surface area contributed by atoms with Gasteiger partial charge in [0.1, 0.15) is 11.6 Å². The van der Waals surface area contributed by atoms with Crippen molar-refractivity contribution >= 4 is 50.8 Å². The highest BCUT2D eigenvalue weighted by Gasteiger charge is 2.62. The van der Waals surface area contributed by atoms with Crippen LogP contribution in [0.25, 0.3) is 10.3 Å². The molecule has 2 heterocycles. The van der Waals surface area contributed by atoms with Crippen LogP contribution in [-0.2, 0) is 14.4 Å². The molecule has 176 valence electrons. The molecule has 4 aliphatic carbocycles. The molecule has 4 aliphatic rings. The second-order valence-electron chi connectivity index (χ2n) is 10.8.